The van der Waals surface area contributed by atoms with Crippen LogP contribution in [-0.4, -0.2) is 9.79 Å². The number of hydrogen-bond donors (Lipinski definition) is 3. The molecule has 0 amide bonds. The number of rotatable bonds is 0. The lowest BCUT2D eigenvalue weighted by Gasteiger charge is -1.34. The normalized spacial score (nSPS) is 5.20. The molecule has 0 bridgehead atoms. The quantitative estimate of drug-likeness (QED) is 0.365. The molecule has 4 nitrogen and oxygen atoms in total. The summed E-state index contributed by atoms with van der Waals surface area (Å²) in [6.07, 6.45) is 0. The highest BCUT2D eigenvalue weighted by Gasteiger charge is 1.93. The predicted octanol–water partition coefficient (Wildman–Crippen LogP) is -0.210. The van der Waals surface area contributed by atoms with Crippen molar-refractivity contribution in [3.05, 3.63) is 0 Å². The second-order valence-electron chi connectivity index (χ2n) is 0.253. The van der Waals surface area contributed by atoms with E-state index in [0.29, 0.717) is 0 Å². The minimum atomic E-state index is -2.87. The molecule has 0 fully saturated rings. The maximum Gasteiger partial charge on any atom is 0.692 e. The summed E-state index contributed by atoms with van der Waals surface area (Å²) in [4.78, 5) is 14.2. The van der Waals surface area contributed by atoms with E-state index in [4.69, 9.17) is 14.4 Å². The van der Waals surface area contributed by atoms with Gasteiger partial charge in [-0.15, -0.1) is 9.79 Å². The van der Waals surface area contributed by atoms with Crippen molar-refractivity contribution in [2.75, 3.05) is 0 Å². The Kier molecular flexibility index (Phi) is 7.07. The highest BCUT2D eigenvalue weighted by Crippen LogP contribution is 1.98. The molecule has 0 heterocycles. The van der Waals surface area contributed by atoms with Crippen LogP contribution in [-0.2, 0) is 4.57 Å². The molecule has 0 aromatic carbocycles. The van der Waals surface area contributed by atoms with Gasteiger partial charge in [0.15, 0.2) is 0 Å². The van der Waals surface area contributed by atoms with Crippen molar-refractivity contribution in [2.24, 2.45) is 0 Å². The molecule has 5 N–H and O–H groups in total. The van der Waals surface area contributed by atoms with Gasteiger partial charge >= 0.3 is 8.25 Å². The summed E-state index contributed by atoms with van der Waals surface area (Å²) in [6, 6.07) is 0. The zero-order valence-electron chi connectivity index (χ0n) is 2.46. The average molecular weight is 98.0 g/mol. The minimum Gasteiger partial charge on any atom is -0.344 e. The van der Waals surface area contributed by atoms with Crippen LogP contribution in [0.15, 0.2) is 0 Å². The fraction of sp³-hybridized carbons (Fsp3) is 0. The van der Waals surface area contributed by atoms with E-state index in [1.165, 1.54) is 0 Å². The van der Waals surface area contributed by atoms with Crippen molar-refractivity contribution >= 4 is 8.25 Å². The molecule has 0 atom stereocenters. The third-order valence-corrected chi connectivity index (χ3v) is 0. The summed E-state index contributed by atoms with van der Waals surface area (Å²) < 4.78 is 8.70. The van der Waals surface area contributed by atoms with E-state index >= 15 is 0 Å². The Bertz CT molecular complexity index is 29.9. The SMILES string of the molecule is N.O=[P+](O)O. The van der Waals surface area contributed by atoms with Crippen LogP contribution in [0.1, 0.15) is 0 Å². The van der Waals surface area contributed by atoms with Crippen molar-refractivity contribution in [1.29, 1.82) is 0 Å². The monoisotopic (exact) mass is 98.0 g/mol. The molecule has 0 spiro atoms. The highest BCUT2D eigenvalue weighted by molar-refractivity contribution is 7.30. The molecule has 0 radical (unpaired) electrons. The Morgan fingerprint density at radius 2 is 1.40 bits per heavy atom. The van der Waals surface area contributed by atoms with Crippen molar-refractivity contribution in [3.8, 4) is 0 Å². The van der Waals surface area contributed by atoms with Crippen LogP contribution in [0.3, 0.4) is 0 Å². The fourth-order valence-electron chi connectivity index (χ4n) is 0. The van der Waals surface area contributed by atoms with E-state index in [2.05, 4.69) is 0 Å². The zero-order valence-corrected chi connectivity index (χ0v) is 3.35. The van der Waals surface area contributed by atoms with Crippen LogP contribution in [0.2, 0.25) is 0 Å². The molecule has 0 aromatic rings. The first kappa shape index (κ1) is 8.88. The highest BCUT2D eigenvalue weighted by atomic mass is 31.1. The van der Waals surface area contributed by atoms with Gasteiger partial charge in [0.2, 0.25) is 0 Å². The first-order chi connectivity index (χ1) is 1.73. The lowest BCUT2D eigenvalue weighted by Crippen LogP contribution is -1.38. The molecule has 5 heavy (non-hydrogen) atoms. The third-order valence-electron chi connectivity index (χ3n) is 0. The summed E-state index contributed by atoms with van der Waals surface area (Å²) in [5, 5.41) is 0. The van der Waals surface area contributed by atoms with Gasteiger partial charge in [-0.1, -0.05) is 0 Å². The van der Waals surface area contributed by atoms with E-state index in [1.807, 2.05) is 0 Å². The Labute approximate surface area is 30.0 Å². The third kappa shape index (κ3) is 39000. The fourth-order valence-corrected chi connectivity index (χ4v) is 0. The molecule has 5 heteroatoms. The lowest BCUT2D eigenvalue weighted by molar-refractivity contribution is 0.405. The van der Waals surface area contributed by atoms with Gasteiger partial charge in [0, 0.05) is 4.57 Å². The lowest BCUT2D eigenvalue weighted by atomic mass is 14.0. The van der Waals surface area contributed by atoms with E-state index < -0.39 is 8.25 Å². The van der Waals surface area contributed by atoms with Crippen LogP contribution < -0.4 is 6.15 Å². The molecular weight excluding hydrogens is 93.0 g/mol. The van der Waals surface area contributed by atoms with E-state index in [0.717, 1.165) is 0 Å². The summed E-state index contributed by atoms with van der Waals surface area (Å²) in [5.41, 5.74) is 0. The molecule has 0 aliphatic heterocycles. The van der Waals surface area contributed by atoms with Crippen molar-refractivity contribution in [1.82, 2.24) is 6.15 Å². The molecule has 0 saturated carbocycles. The predicted molar refractivity (Wildman–Crippen MR) is 17.1 cm³/mol. The standard InChI is InChI=1S/H3N.HO3P/c;1-4(2)3/h1H3;(H-,1,2,3)/p+1. The smallest absolute Gasteiger partial charge is 0.344 e. The van der Waals surface area contributed by atoms with Crippen molar-refractivity contribution < 1.29 is 14.4 Å². The Morgan fingerprint density at radius 1 is 1.40 bits per heavy atom. The Hall–Kier alpha value is -0.0200. The first-order valence-electron chi connectivity index (χ1n) is 0.583. The molecule has 32 valence electrons. The van der Waals surface area contributed by atoms with Gasteiger partial charge in [-0.25, -0.2) is 0 Å². The molecule has 0 unspecified atom stereocenters. The molecule has 0 saturated heterocycles. The van der Waals surface area contributed by atoms with Gasteiger partial charge in [-0.05, 0) is 0 Å². The van der Waals surface area contributed by atoms with Crippen LogP contribution in [0.5, 0.6) is 0 Å². The second-order valence-corrected chi connectivity index (χ2v) is 0.758. The molecule has 0 aliphatic rings. The molecular formula is H5NO3P+. The zero-order chi connectivity index (χ0) is 3.58. The second kappa shape index (κ2) is 3.98. The average Bonchev–Trinajstić information content (AvgIpc) is 0.811. The van der Waals surface area contributed by atoms with E-state index in [9.17, 15) is 0 Å². The van der Waals surface area contributed by atoms with E-state index in [1.54, 1.807) is 0 Å². The summed E-state index contributed by atoms with van der Waals surface area (Å²) in [6.45, 7) is 0. The van der Waals surface area contributed by atoms with Gasteiger partial charge in [-0.2, -0.15) is 0 Å². The largest absolute Gasteiger partial charge is 0.692 e. The summed E-state index contributed by atoms with van der Waals surface area (Å²) in [5.74, 6) is 0. The summed E-state index contributed by atoms with van der Waals surface area (Å²) >= 11 is 0. The maximum absolute atomic E-state index is 8.70. The van der Waals surface area contributed by atoms with Crippen LogP contribution in [0.25, 0.3) is 0 Å². The summed E-state index contributed by atoms with van der Waals surface area (Å²) in [7, 11) is -2.87. The number of hydrogen-bond acceptors (Lipinski definition) is 2. The van der Waals surface area contributed by atoms with Crippen LogP contribution in [0, 0.1) is 0 Å². The first-order valence-corrected chi connectivity index (χ1v) is 1.75. The van der Waals surface area contributed by atoms with Gasteiger partial charge in [0.25, 0.3) is 0 Å². The van der Waals surface area contributed by atoms with Crippen LogP contribution in [0.4, 0.5) is 0 Å². The molecule has 0 aliphatic carbocycles. The topological polar surface area (TPSA) is 92.5 Å². The molecule has 0 aromatic heterocycles. The van der Waals surface area contributed by atoms with E-state index in [-0.39, 0.29) is 6.15 Å². The van der Waals surface area contributed by atoms with Crippen molar-refractivity contribution in [2.45, 2.75) is 0 Å². The van der Waals surface area contributed by atoms with Gasteiger partial charge in [-0.3, -0.25) is 0 Å². The Balaban J connectivity index is 0. The maximum atomic E-state index is 8.70. The van der Waals surface area contributed by atoms with Crippen LogP contribution >= 0.6 is 8.25 Å². The molecule has 0 rings (SSSR count). The Morgan fingerprint density at radius 3 is 1.40 bits per heavy atom. The minimum absolute atomic E-state index is 0. The van der Waals surface area contributed by atoms with Crippen molar-refractivity contribution in [3.63, 3.8) is 0 Å². The van der Waals surface area contributed by atoms with Gasteiger partial charge < -0.3 is 6.15 Å². The van der Waals surface area contributed by atoms with Gasteiger partial charge in [0.1, 0.15) is 0 Å². The van der Waals surface area contributed by atoms with Gasteiger partial charge in [0.05, 0.1) is 0 Å².